The fourth-order valence-corrected chi connectivity index (χ4v) is 4.62. The van der Waals surface area contributed by atoms with Gasteiger partial charge in [0.1, 0.15) is 5.82 Å². The predicted molar refractivity (Wildman–Crippen MR) is 103 cm³/mol. The Morgan fingerprint density at radius 1 is 1.07 bits per heavy atom. The molecular formula is C20H23FN2O3S. The Morgan fingerprint density at radius 2 is 1.81 bits per heavy atom. The van der Waals surface area contributed by atoms with E-state index in [2.05, 4.69) is 10.0 Å². The molecule has 1 amide bonds. The molecule has 1 saturated carbocycles. The second-order valence-electron chi connectivity index (χ2n) is 6.90. The summed E-state index contributed by atoms with van der Waals surface area (Å²) in [6.45, 7) is 1.73. The van der Waals surface area contributed by atoms with Crippen LogP contribution in [0.15, 0.2) is 47.4 Å². The first-order chi connectivity index (χ1) is 12.8. The Bertz CT molecular complexity index is 938. The molecule has 0 unspecified atom stereocenters. The van der Waals surface area contributed by atoms with Crippen molar-refractivity contribution in [2.45, 2.75) is 50.0 Å². The number of nitrogens with one attached hydrogen (secondary N) is 2. The molecule has 0 heterocycles. The van der Waals surface area contributed by atoms with E-state index in [0.29, 0.717) is 11.3 Å². The third-order valence-electron chi connectivity index (χ3n) is 4.77. The van der Waals surface area contributed by atoms with Crippen molar-refractivity contribution < 1.29 is 17.6 Å². The highest BCUT2D eigenvalue weighted by molar-refractivity contribution is 7.89. The number of amides is 1. The summed E-state index contributed by atoms with van der Waals surface area (Å²) in [6, 6.07) is 9.97. The maximum atomic E-state index is 13.3. The van der Waals surface area contributed by atoms with Crippen LogP contribution in [0, 0.1) is 12.7 Å². The number of halogens is 1. The topological polar surface area (TPSA) is 75.3 Å². The number of carbonyl (C=O) groups excluding carboxylic acids is 1. The Hall–Kier alpha value is -2.25. The second kappa shape index (κ2) is 8.19. The quantitative estimate of drug-likeness (QED) is 0.810. The summed E-state index contributed by atoms with van der Waals surface area (Å²) in [6.07, 6.45) is 4.83. The average Bonchev–Trinajstić information content (AvgIpc) is 2.62. The van der Waals surface area contributed by atoms with Crippen molar-refractivity contribution in [2.24, 2.45) is 0 Å². The largest absolute Gasteiger partial charge is 0.322 e. The first-order valence-electron chi connectivity index (χ1n) is 9.05. The standard InChI is InChI=1S/C20H23FN2O3S/c1-14-10-11-18(27(25,26)23-16-7-3-2-4-8-16)13-19(14)20(24)22-17-9-5-6-15(21)12-17/h5-6,9-13,16,23H,2-4,7-8H2,1H3,(H,22,24). The summed E-state index contributed by atoms with van der Waals surface area (Å²) in [5.41, 5.74) is 1.19. The molecule has 0 atom stereocenters. The van der Waals surface area contributed by atoms with Crippen LogP contribution < -0.4 is 10.0 Å². The van der Waals surface area contributed by atoms with Gasteiger partial charge in [-0.15, -0.1) is 0 Å². The predicted octanol–water partition coefficient (Wildman–Crippen LogP) is 4.00. The fourth-order valence-electron chi connectivity index (χ4n) is 3.29. The van der Waals surface area contributed by atoms with Gasteiger partial charge < -0.3 is 5.32 Å². The Labute approximate surface area is 159 Å². The van der Waals surface area contributed by atoms with Gasteiger partial charge in [0.2, 0.25) is 10.0 Å². The van der Waals surface area contributed by atoms with E-state index in [1.54, 1.807) is 19.1 Å². The third kappa shape index (κ3) is 4.93. The van der Waals surface area contributed by atoms with E-state index in [1.807, 2.05) is 0 Å². The van der Waals surface area contributed by atoms with Gasteiger partial charge in [0.05, 0.1) is 4.90 Å². The molecule has 27 heavy (non-hydrogen) atoms. The number of benzene rings is 2. The smallest absolute Gasteiger partial charge is 0.255 e. The fraction of sp³-hybridized carbons (Fsp3) is 0.350. The van der Waals surface area contributed by atoms with Crippen LogP contribution in [-0.4, -0.2) is 20.4 Å². The molecule has 0 saturated heterocycles. The van der Waals surface area contributed by atoms with E-state index < -0.39 is 21.7 Å². The van der Waals surface area contributed by atoms with Crippen molar-refractivity contribution in [2.75, 3.05) is 5.32 Å². The molecule has 5 nitrogen and oxygen atoms in total. The van der Waals surface area contributed by atoms with Crippen LogP contribution in [-0.2, 0) is 10.0 Å². The van der Waals surface area contributed by atoms with Crippen molar-refractivity contribution in [1.29, 1.82) is 0 Å². The third-order valence-corrected chi connectivity index (χ3v) is 6.29. The van der Waals surface area contributed by atoms with Gasteiger partial charge >= 0.3 is 0 Å². The lowest BCUT2D eigenvalue weighted by Crippen LogP contribution is -2.36. The van der Waals surface area contributed by atoms with Gasteiger partial charge in [0, 0.05) is 17.3 Å². The van der Waals surface area contributed by atoms with Gasteiger partial charge in [-0.3, -0.25) is 4.79 Å². The second-order valence-corrected chi connectivity index (χ2v) is 8.61. The average molecular weight is 390 g/mol. The number of carbonyl (C=O) groups is 1. The zero-order valence-corrected chi connectivity index (χ0v) is 16.0. The Morgan fingerprint density at radius 3 is 2.52 bits per heavy atom. The highest BCUT2D eigenvalue weighted by Crippen LogP contribution is 2.22. The number of hydrogen-bond acceptors (Lipinski definition) is 3. The summed E-state index contributed by atoms with van der Waals surface area (Å²) in [7, 11) is -3.70. The molecule has 144 valence electrons. The summed E-state index contributed by atoms with van der Waals surface area (Å²) in [4.78, 5) is 12.6. The molecule has 1 aliphatic carbocycles. The van der Waals surface area contributed by atoms with Crippen molar-refractivity contribution in [3.63, 3.8) is 0 Å². The molecule has 7 heteroatoms. The minimum Gasteiger partial charge on any atom is -0.322 e. The van der Waals surface area contributed by atoms with Crippen LogP contribution in [0.25, 0.3) is 0 Å². The molecule has 0 bridgehead atoms. The number of anilines is 1. The lowest BCUT2D eigenvalue weighted by Gasteiger charge is -2.22. The Kier molecular flexibility index (Phi) is 5.92. The van der Waals surface area contributed by atoms with Gasteiger partial charge in [-0.05, 0) is 55.7 Å². The first-order valence-corrected chi connectivity index (χ1v) is 10.5. The number of aryl methyl sites for hydroxylation is 1. The molecule has 0 aromatic heterocycles. The van der Waals surface area contributed by atoms with Crippen molar-refractivity contribution in [1.82, 2.24) is 4.72 Å². The highest BCUT2D eigenvalue weighted by atomic mass is 32.2. The van der Waals surface area contributed by atoms with E-state index in [4.69, 9.17) is 0 Å². The van der Waals surface area contributed by atoms with Gasteiger partial charge in [0.25, 0.3) is 5.91 Å². The van der Waals surface area contributed by atoms with E-state index >= 15 is 0 Å². The van der Waals surface area contributed by atoms with Crippen LogP contribution >= 0.6 is 0 Å². The minimum atomic E-state index is -3.70. The van der Waals surface area contributed by atoms with Gasteiger partial charge in [-0.25, -0.2) is 17.5 Å². The summed E-state index contributed by atoms with van der Waals surface area (Å²) < 4.78 is 41.4. The van der Waals surface area contributed by atoms with Crippen molar-refractivity contribution in [3.05, 3.63) is 59.4 Å². The van der Waals surface area contributed by atoms with E-state index in [0.717, 1.165) is 32.1 Å². The maximum absolute atomic E-state index is 13.3. The lowest BCUT2D eigenvalue weighted by molar-refractivity contribution is 0.102. The van der Waals surface area contributed by atoms with Gasteiger partial charge in [-0.2, -0.15) is 0 Å². The van der Waals surface area contributed by atoms with E-state index in [9.17, 15) is 17.6 Å². The van der Waals surface area contributed by atoms with Gasteiger partial charge in [-0.1, -0.05) is 31.4 Å². The lowest BCUT2D eigenvalue weighted by atomic mass is 9.96. The van der Waals surface area contributed by atoms with Crippen LogP contribution in [0.2, 0.25) is 0 Å². The molecule has 1 fully saturated rings. The number of hydrogen-bond donors (Lipinski definition) is 2. The zero-order chi connectivity index (χ0) is 19.4. The molecule has 0 spiro atoms. The summed E-state index contributed by atoms with van der Waals surface area (Å²) in [5, 5.41) is 2.61. The minimum absolute atomic E-state index is 0.0584. The first kappa shape index (κ1) is 19.5. The highest BCUT2D eigenvalue weighted by Gasteiger charge is 2.23. The van der Waals surface area contributed by atoms with Crippen LogP contribution in [0.4, 0.5) is 10.1 Å². The van der Waals surface area contributed by atoms with E-state index in [-0.39, 0.29) is 16.5 Å². The number of rotatable bonds is 5. The normalized spacial score (nSPS) is 15.5. The molecular weight excluding hydrogens is 367 g/mol. The van der Waals surface area contributed by atoms with Crippen LogP contribution in [0.5, 0.6) is 0 Å². The zero-order valence-electron chi connectivity index (χ0n) is 15.2. The van der Waals surface area contributed by atoms with E-state index in [1.165, 1.54) is 30.3 Å². The van der Waals surface area contributed by atoms with Crippen LogP contribution in [0.1, 0.15) is 48.0 Å². The molecule has 0 radical (unpaired) electrons. The SMILES string of the molecule is Cc1ccc(S(=O)(=O)NC2CCCCC2)cc1C(=O)Nc1cccc(F)c1. The monoisotopic (exact) mass is 390 g/mol. The molecule has 2 aromatic rings. The molecule has 3 rings (SSSR count). The number of sulfonamides is 1. The Balaban J connectivity index is 1.81. The summed E-state index contributed by atoms with van der Waals surface area (Å²) >= 11 is 0. The van der Waals surface area contributed by atoms with Crippen molar-refractivity contribution in [3.8, 4) is 0 Å². The van der Waals surface area contributed by atoms with Crippen molar-refractivity contribution >= 4 is 21.6 Å². The molecule has 0 aliphatic heterocycles. The molecule has 2 aromatic carbocycles. The van der Waals surface area contributed by atoms with Crippen LogP contribution in [0.3, 0.4) is 0 Å². The maximum Gasteiger partial charge on any atom is 0.255 e. The molecule has 1 aliphatic rings. The summed E-state index contributed by atoms with van der Waals surface area (Å²) in [5.74, 6) is -0.939. The molecule has 2 N–H and O–H groups in total. The van der Waals surface area contributed by atoms with Gasteiger partial charge in [0.15, 0.2) is 0 Å².